The number of sulfonamides is 1. The molecule has 0 unspecified atom stereocenters. The van der Waals surface area contributed by atoms with Crippen LogP contribution in [0.4, 0.5) is 5.69 Å². The number of benzene rings is 2. The summed E-state index contributed by atoms with van der Waals surface area (Å²) in [6.07, 6.45) is 3.18. The first-order valence-corrected chi connectivity index (χ1v) is 11.5. The summed E-state index contributed by atoms with van der Waals surface area (Å²) in [5, 5.41) is 6.29. The van der Waals surface area contributed by atoms with Gasteiger partial charge in [-0.3, -0.25) is 10.1 Å². The number of hydrogen-bond donors (Lipinski definition) is 3. The van der Waals surface area contributed by atoms with Crippen molar-refractivity contribution < 1.29 is 13.2 Å². The molecule has 0 bridgehead atoms. The normalized spacial score (nSPS) is 17.6. The summed E-state index contributed by atoms with van der Waals surface area (Å²) in [6.45, 7) is 5.38. The lowest BCUT2D eigenvalue weighted by Crippen LogP contribution is -2.41. The zero-order valence-electron chi connectivity index (χ0n) is 17.1. The number of fused-ring (bicyclic) bond motifs is 1. The number of amides is 1. The van der Waals surface area contributed by atoms with Gasteiger partial charge in [-0.25, -0.2) is 13.1 Å². The third-order valence-corrected chi connectivity index (χ3v) is 6.71. The SMILES string of the molecule is CC(C)NS(=O)(=O)c1ccc(NC(=O)[C@@H](C)N[C@@H]2CCCc3ccccc32)cc1. The Morgan fingerprint density at radius 3 is 2.41 bits per heavy atom. The monoisotopic (exact) mass is 415 g/mol. The van der Waals surface area contributed by atoms with E-state index in [4.69, 9.17) is 0 Å². The van der Waals surface area contributed by atoms with Crippen LogP contribution in [0.1, 0.15) is 50.8 Å². The summed E-state index contributed by atoms with van der Waals surface area (Å²) in [4.78, 5) is 12.8. The number of hydrogen-bond acceptors (Lipinski definition) is 4. The molecule has 3 N–H and O–H groups in total. The Hall–Kier alpha value is -2.22. The van der Waals surface area contributed by atoms with Crippen molar-refractivity contribution in [2.45, 2.75) is 63.1 Å². The van der Waals surface area contributed by atoms with Gasteiger partial charge in [0.25, 0.3) is 0 Å². The van der Waals surface area contributed by atoms with Gasteiger partial charge in [0.15, 0.2) is 0 Å². The van der Waals surface area contributed by atoms with Crippen molar-refractivity contribution in [3.05, 3.63) is 59.7 Å². The van der Waals surface area contributed by atoms with Gasteiger partial charge in [-0.2, -0.15) is 0 Å². The summed E-state index contributed by atoms with van der Waals surface area (Å²) in [7, 11) is -3.54. The molecule has 0 saturated carbocycles. The summed E-state index contributed by atoms with van der Waals surface area (Å²) in [5.74, 6) is -0.149. The molecule has 0 aliphatic heterocycles. The molecule has 0 saturated heterocycles. The highest BCUT2D eigenvalue weighted by atomic mass is 32.2. The van der Waals surface area contributed by atoms with Crippen LogP contribution in [0.5, 0.6) is 0 Å². The molecule has 29 heavy (non-hydrogen) atoms. The number of carbonyl (C=O) groups is 1. The summed E-state index contributed by atoms with van der Waals surface area (Å²) < 4.78 is 26.9. The molecule has 6 nitrogen and oxygen atoms in total. The van der Waals surface area contributed by atoms with Crippen LogP contribution in [0.3, 0.4) is 0 Å². The molecule has 0 fully saturated rings. The van der Waals surface area contributed by atoms with E-state index in [1.807, 2.05) is 13.0 Å². The largest absolute Gasteiger partial charge is 0.325 e. The molecular weight excluding hydrogens is 386 g/mol. The quantitative estimate of drug-likeness (QED) is 0.647. The molecule has 3 rings (SSSR count). The van der Waals surface area contributed by atoms with Crippen LogP contribution in [0, 0.1) is 0 Å². The molecule has 156 valence electrons. The molecular formula is C22H29N3O3S. The molecule has 2 aromatic carbocycles. The number of anilines is 1. The van der Waals surface area contributed by atoms with Crippen molar-refractivity contribution in [1.82, 2.24) is 10.0 Å². The van der Waals surface area contributed by atoms with Gasteiger partial charge in [0.1, 0.15) is 0 Å². The molecule has 2 atom stereocenters. The molecule has 1 aliphatic carbocycles. The zero-order chi connectivity index (χ0) is 21.0. The van der Waals surface area contributed by atoms with Crippen LogP contribution in [0.15, 0.2) is 53.4 Å². The summed E-state index contributed by atoms with van der Waals surface area (Å²) in [6, 6.07) is 14.2. The molecule has 0 spiro atoms. The van der Waals surface area contributed by atoms with Crippen molar-refractivity contribution in [3.63, 3.8) is 0 Å². The van der Waals surface area contributed by atoms with Crippen LogP contribution >= 0.6 is 0 Å². The maximum atomic E-state index is 12.6. The minimum atomic E-state index is -3.54. The first-order valence-electron chi connectivity index (χ1n) is 10.0. The van der Waals surface area contributed by atoms with Gasteiger partial charge in [-0.15, -0.1) is 0 Å². The Kier molecular flexibility index (Phi) is 6.72. The Morgan fingerprint density at radius 2 is 1.72 bits per heavy atom. The van der Waals surface area contributed by atoms with Gasteiger partial charge in [0.2, 0.25) is 15.9 Å². The maximum Gasteiger partial charge on any atom is 0.241 e. The fraction of sp³-hybridized carbons (Fsp3) is 0.409. The molecule has 0 heterocycles. The van der Waals surface area contributed by atoms with E-state index in [1.54, 1.807) is 26.0 Å². The Morgan fingerprint density at radius 1 is 1.03 bits per heavy atom. The molecule has 1 aliphatic rings. The third kappa shape index (κ3) is 5.44. The van der Waals surface area contributed by atoms with Crippen LogP contribution in [0.2, 0.25) is 0 Å². The van der Waals surface area contributed by atoms with E-state index in [0.717, 1.165) is 19.3 Å². The fourth-order valence-electron chi connectivity index (χ4n) is 3.65. The lowest BCUT2D eigenvalue weighted by molar-refractivity contribution is -0.118. The molecule has 7 heteroatoms. The topological polar surface area (TPSA) is 87.3 Å². The smallest absolute Gasteiger partial charge is 0.241 e. The van der Waals surface area contributed by atoms with Crippen molar-refractivity contribution in [1.29, 1.82) is 0 Å². The predicted molar refractivity (Wildman–Crippen MR) is 115 cm³/mol. The van der Waals surface area contributed by atoms with E-state index in [0.29, 0.717) is 5.69 Å². The van der Waals surface area contributed by atoms with E-state index in [-0.39, 0.29) is 28.9 Å². The van der Waals surface area contributed by atoms with Gasteiger partial charge >= 0.3 is 0 Å². The first kappa shape index (κ1) is 21.5. The van der Waals surface area contributed by atoms with E-state index in [2.05, 4.69) is 33.6 Å². The third-order valence-electron chi connectivity index (χ3n) is 5.04. The first-order chi connectivity index (χ1) is 13.8. The summed E-state index contributed by atoms with van der Waals surface area (Å²) >= 11 is 0. The van der Waals surface area contributed by atoms with Crippen LogP contribution < -0.4 is 15.4 Å². The minimum Gasteiger partial charge on any atom is -0.325 e. The Balaban J connectivity index is 1.62. The van der Waals surface area contributed by atoms with Crippen molar-refractivity contribution in [3.8, 4) is 0 Å². The van der Waals surface area contributed by atoms with Gasteiger partial charge < -0.3 is 5.32 Å². The Bertz CT molecular complexity index is 956. The predicted octanol–water partition coefficient (Wildman–Crippen LogP) is 3.37. The summed E-state index contributed by atoms with van der Waals surface area (Å²) in [5.41, 5.74) is 3.18. The van der Waals surface area contributed by atoms with E-state index in [1.165, 1.54) is 23.3 Å². The number of rotatable bonds is 7. The molecule has 1 amide bonds. The van der Waals surface area contributed by atoms with Gasteiger partial charge in [0.05, 0.1) is 10.9 Å². The number of aryl methyl sites for hydroxylation is 1. The van der Waals surface area contributed by atoms with Gasteiger partial charge in [-0.1, -0.05) is 24.3 Å². The van der Waals surface area contributed by atoms with Crippen molar-refractivity contribution in [2.75, 3.05) is 5.32 Å². The Labute approximate surface area is 173 Å². The van der Waals surface area contributed by atoms with E-state index in [9.17, 15) is 13.2 Å². The van der Waals surface area contributed by atoms with Crippen LogP contribution in [-0.4, -0.2) is 26.4 Å². The average molecular weight is 416 g/mol. The number of carbonyl (C=O) groups excluding carboxylic acids is 1. The van der Waals surface area contributed by atoms with Crippen LogP contribution in [0.25, 0.3) is 0 Å². The minimum absolute atomic E-state index is 0.149. The molecule has 0 radical (unpaired) electrons. The van der Waals surface area contributed by atoms with Crippen molar-refractivity contribution in [2.24, 2.45) is 0 Å². The maximum absolute atomic E-state index is 12.6. The van der Waals surface area contributed by atoms with E-state index < -0.39 is 10.0 Å². The highest BCUT2D eigenvalue weighted by molar-refractivity contribution is 7.89. The lowest BCUT2D eigenvalue weighted by Gasteiger charge is -2.29. The lowest BCUT2D eigenvalue weighted by atomic mass is 9.87. The molecule has 2 aromatic rings. The van der Waals surface area contributed by atoms with Gasteiger partial charge in [0, 0.05) is 17.8 Å². The van der Waals surface area contributed by atoms with E-state index >= 15 is 0 Å². The van der Waals surface area contributed by atoms with Gasteiger partial charge in [-0.05, 0) is 75.4 Å². The second-order valence-corrected chi connectivity index (χ2v) is 9.54. The van der Waals surface area contributed by atoms with Crippen LogP contribution in [-0.2, 0) is 21.2 Å². The second-order valence-electron chi connectivity index (χ2n) is 7.82. The fourth-order valence-corrected chi connectivity index (χ4v) is 4.90. The highest BCUT2D eigenvalue weighted by Gasteiger charge is 2.24. The average Bonchev–Trinajstić information content (AvgIpc) is 2.67. The standard InChI is InChI=1S/C22H29N3O3S/c1-15(2)25-29(27,28)19-13-11-18(12-14-19)24-22(26)16(3)23-21-10-6-8-17-7-4-5-9-20(17)21/h4-5,7,9,11-16,21,23,25H,6,8,10H2,1-3H3,(H,24,26)/t16-,21-/m1/s1. The van der Waals surface area contributed by atoms with Crippen molar-refractivity contribution >= 4 is 21.6 Å². The second kappa shape index (κ2) is 9.07. The highest BCUT2D eigenvalue weighted by Crippen LogP contribution is 2.29. The number of nitrogens with one attached hydrogen (secondary N) is 3. The molecule has 0 aromatic heterocycles. The zero-order valence-corrected chi connectivity index (χ0v) is 17.9.